The van der Waals surface area contributed by atoms with Crippen molar-refractivity contribution in [1.29, 1.82) is 0 Å². The lowest BCUT2D eigenvalue weighted by atomic mass is 9.72. The molecular formula is C26H28F3N3O2. The number of benzene rings is 2. The van der Waals surface area contributed by atoms with Gasteiger partial charge in [-0.2, -0.15) is 13.2 Å². The van der Waals surface area contributed by atoms with E-state index in [1.165, 1.54) is 4.57 Å². The largest absolute Gasteiger partial charge is 0.449 e. The number of ether oxygens (including phenoxy) is 1. The van der Waals surface area contributed by atoms with E-state index in [0.29, 0.717) is 63.0 Å². The fourth-order valence-electron chi connectivity index (χ4n) is 5.46. The molecule has 0 atom stereocenters. The molecule has 5 rings (SSSR count). The van der Waals surface area contributed by atoms with Crippen LogP contribution in [0.1, 0.15) is 37.1 Å². The number of aromatic nitrogens is 2. The summed E-state index contributed by atoms with van der Waals surface area (Å²) in [6.07, 6.45) is -1.90. The van der Waals surface area contributed by atoms with E-state index in [-0.39, 0.29) is 18.4 Å². The molecule has 5 nitrogen and oxygen atoms in total. The fraction of sp³-hybridized carbons (Fsp3) is 0.462. The Labute approximate surface area is 196 Å². The average Bonchev–Trinajstić information content (AvgIpc) is 3.24. The number of halogens is 3. The number of para-hydroxylation sites is 2. The number of hydrogen-bond donors (Lipinski definition) is 0. The summed E-state index contributed by atoms with van der Waals surface area (Å²) in [5.41, 5.74) is 1.28. The fourth-order valence-corrected chi connectivity index (χ4v) is 5.46. The molecule has 180 valence electrons. The van der Waals surface area contributed by atoms with Crippen LogP contribution >= 0.6 is 0 Å². The number of fused-ring (bicyclic) bond motifs is 1. The highest BCUT2D eigenvalue weighted by atomic mass is 19.4. The maximum atomic E-state index is 13.8. The number of nitrogens with zero attached hydrogens (tertiary/aromatic N) is 3. The lowest BCUT2D eigenvalue weighted by Gasteiger charge is -2.42. The van der Waals surface area contributed by atoms with Gasteiger partial charge in [0.05, 0.1) is 16.4 Å². The van der Waals surface area contributed by atoms with Gasteiger partial charge in [0.1, 0.15) is 0 Å². The smallest absolute Gasteiger partial charge is 0.381 e. The van der Waals surface area contributed by atoms with Gasteiger partial charge in [-0.3, -0.25) is 4.79 Å². The van der Waals surface area contributed by atoms with Crippen LogP contribution in [0.5, 0.6) is 0 Å². The number of hydrogen-bond acceptors (Lipinski definition) is 3. The van der Waals surface area contributed by atoms with Gasteiger partial charge in [-0.1, -0.05) is 42.5 Å². The van der Waals surface area contributed by atoms with E-state index >= 15 is 0 Å². The topological polar surface area (TPSA) is 47.4 Å². The molecule has 0 aliphatic carbocycles. The molecule has 0 saturated carbocycles. The zero-order chi connectivity index (χ0) is 23.8. The van der Waals surface area contributed by atoms with Gasteiger partial charge < -0.3 is 14.2 Å². The van der Waals surface area contributed by atoms with E-state index in [9.17, 15) is 18.0 Å². The lowest BCUT2D eigenvalue weighted by molar-refractivity contribution is -0.147. The monoisotopic (exact) mass is 471 g/mol. The third-order valence-electron chi connectivity index (χ3n) is 7.33. The van der Waals surface area contributed by atoms with Gasteiger partial charge in [-0.25, -0.2) is 4.98 Å². The van der Waals surface area contributed by atoms with Crippen molar-refractivity contribution < 1.29 is 22.7 Å². The van der Waals surface area contributed by atoms with E-state index in [0.717, 1.165) is 5.56 Å². The standard InChI is InChI=1S/C26H28F3N3O2/c27-26(28,29)23-30-21-8-4-5-9-22(21)32(23)18-19-10-14-31(15-11-19)24(33)25(12-16-34-17-13-25)20-6-2-1-3-7-20/h1-9,19H,10-18H2. The molecule has 0 bridgehead atoms. The molecule has 34 heavy (non-hydrogen) atoms. The molecule has 0 spiro atoms. The van der Waals surface area contributed by atoms with E-state index in [1.54, 1.807) is 24.3 Å². The van der Waals surface area contributed by atoms with Gasteiger partial charge in [-0.15, -0.1) is 0 Å². The van der Waals surface area contributed by atoms with Crippen molar-refractivity contribution in [3.05, 3.63) is 66.0 Å². The minimum atomic E-state index is -4.51. The molecule has 0 unspecified atom stereocenters. The van der Waals surface area contributed by atoms with Gasteiger partial charge in [0, 0.05) is 32.8 Å². The molecule has 1 aromatic heterocycles. The zero-order valence-electron chi connectivity index (χ0n) is 18.9. The Kier molecular flexibility index (Phi) is 6.10. The van der Waals surface area contributed by atoms with Crippen LogP contribution in [0.2, 0.25) is 0 Å². The summed E-state index contributed by atoms with van der Waals surface area (Å²) >= 11 is 0. The molecule has 8 heteroatoms. The molecule has 2 aliphatic heterocycles. The number of imidazole rings is 1. The molecule has 0 radical (unpaired) electrons. The maximum absolute atomic E-state index is 13.8. The van der Waals surface area contributed by atoms with Gasteiger partial charge >= 0.3 is 6.18 Å². The Hall–Kier alpha value is -2.87. The van der Waals surface area contributed by atoms with Crippen LogP contribution in [0.3, 0.4) is 0 Å². The van der Waals surface area contributed by atoms with E-state index in [1.807, 2.05) is 35.2 Å². The summed E-state index contributed by atoms with van der Waals surface area (Å²) in [7, 11) is 0. The van der Waals surface area contributed by atoms with Gasteiger partial charge in [-0.05, 0) is 49.3 Å². The van der Waals surface area contributed by atoms with Crippen molar-refractivity contribution in [2.45, 2.75) is 43.8 Å². The highest BCUT2D eigenvalue weighted by molar-refractivity contribution is 5.88. The number of piperidine rings is 1. The molecule has 2 saturated heterocycles. The average molecular weight is 472 g/mol. The predicted molar refractivity (Wildman–Crippen MR) is 122 cm³/mol. The van der Waals surface area contributed by atoms with Crippen LogP contribution in [-0.4, -0.2) is 46.7 Å². The Morgan fingerprint density at radius 3 is 2.32 bits per heavy atom. The number of carbonyl (C=O) groups excluding carboxylic acids is 1. The van der Waals surface area contributed by atoms with E-state index < -0.39 is 17.4 Å². The molecule has 3 aromatic rings. The van der Waals surface area contributed by atoms with Crippen molar-refractivity contribution in [3.63, 3.8) is 0 Å². The van der Waals surface area contributed by atoms with Crippen LogP contribution in [-0.2, 0) is 27.7 Å². The van der Waals surface area contributed by atoms with E-state index in [4.69, 9.17) is 4.74 Å². The summed E-state index contributed by atoms with van der Waals surface area (Å²) in [6.45, 7) is 2.44. The summed E-state index contributed by atoms with van der Waals surface area (Å²) < 4.78 is 47.9. The normalized spacial score (nSPS) is 19.4. The quantitative estimate of drug-likeness (QED) is 0.536. The number of alkyl halides is 3. The van der Waals surface area contributed by atoms with Crippen molar-refractivity contribution >= 4 is 16.9 Å². The van der Waals surface area contributed by atoms with Crippen molar-refractivity contribution in [1.82, 2.24) is 14.5 Å². The third-order valence-corrected chi connectivity index (χ3v) is 7.33. The van der Waals surface area contributed by atoms with Gasteiger partial charge in [0.15, 0.2) is 0 Å². The third kappa shape index (κ3) is 4.19. The molecule has 2 fully saturated rings. The predicted octanol–water partition coefficient (Wildman–Crippen LogP) is 5.04. The highest BCUT2D eigenvalue weighted by Gasteiger charge is 2.45. The van der Waals surface area contributed by atoms with Gasteiger partial charge in [0.25, 0.3) is 0 Å². The van der Waals surface area contributed by atoms with Crippen LogP contribution in [0.4, 0.5) is 13.2 Å². The van der Waals surface area contributed by atoms with Crippen molar-refractivity contribution in [3.8, 4) is 0 Å². The van der Waals surface area contributed by atoms with E-state index in [2.05, 4.69) is 4.98 Å². The zero-order valence-corrected chi connectivity index (χ0v) is 18.9. The minimum Gasteiger partial charge on any atom is -0.381 e. The first-order valence-corrected chi connectivity index (χ1v) is 11.8. The first-order valence-electron chi connectivity index (χ1n) is 11.8. The molecule has 3 heterocycles. The Morgan fingerprint density at radius 2 is 1.65 bits per heavy atom. The van der Waals surface area contributed by atoms with Gasteiger partial charge in [0.2, 0.25) is 11.7 Å². The molecule has 2 aromatic carbocycles. The SMILES string of the molecule is O=C(N1CCC(Cn2c(C(F)(F)F)nc3ccccc32)CC1)C1(c2ccccc2)CCOCC1. The first-order chi connectivity index (χ1) is 16.4. The number of likely N-dealkylation sites (tertiary alicyclic amines) is 1. The lowest BCUT2D eigenvalue weighted by Crippen LogP contribution is -2.52. The number of amides is 1. The molecule has 0 N–H and O–H groups in total. The minimum absolute atomic E-state index is 0.0464. The van der Waals surface area contributed by atoms with Crippen molar-refractivity contribution in [2.75, 3.05) is 26.3 Å². The summed E-state index contributed by atoms with van der Waals surface area (Å²) in [5, 5.41) is 0. The highest BCUT2D eigenvalue weighted by Crippen LogP contribution is 2.38. The Balaban J connectivity index is 1.32. The second kappa shape index (κ2) is 9.06. The summed E-state index contributed by atoms with van der Waals surface area (Å²) in [5.74, 6) is -0.688. The summed E-state index contributed by atoms with van der Waals surface area (Å²) in [4.78, 5) is 19.5. The van der Waals surface area contributed by atoms with Crippen LogP contribution in [0.25, 0.3) is 11.0 Å². The van der Waals surface area contributed by atoms with Crippen LogP contribution in [0, 0.1) is 5.92 Å². The summed E-state index contributed by atoms with van der Waals surface area (Å²) in [6, 6.07) is 16.6. The van der Waals surface area contributed by atoms with Crippen LogP contribution in [0.15, 0.2) is 54.6 Å². The first kappa shape index (κ1) is 22.9. The Morgan fingerprint density at radius 1 is 1.00 bits per heavy atom. The Bertz CT molecular complexity index is 1150. The number of rotatable bonds is 4. The second-order valence-corrected chi connectivity index (χ2v) is 9.33. The van der Waals surface area contributed by atoms with Crippen LogP contribution < -0.4 is 0 Å². The van der Waals surface area contributed by atoms with Crippen molar-refractivity contribution in [2.24, 2.45) is 5.92 Å². The molecular weight excluding hydrogens is 443 g/mol. The number of carbonyl (C=O) groups is 1. The molecule has 2 aliphatic rings. The maximum Gasteiger partial charge on any atom is 0.449 e. The second-order valence-electron chi connectivity index (χ2n) is 9.33. The molecule has 1 amide bonds.